The van der Waals surface area contributed by atoms with Crippen molar-refractivity contribution in [1.82, 2.24) is 0 Å². The summed E-state index contributed by atoms with van der Waals surface area (Å²) < 4.78 is 4.48. The Morgan fingerprint density at radius 2 is 2.33 bits per heavy atom. The number of hydrogen-bond donors (Lipinski definition) is 2. The second kappa shape index (κ2) is 5.00. The molecule has 0 spiro atoms. The molecule has 0 amide bonds. The summed E-state index contributed by atoms with van der Waals surface area (Å²) in [6.07, 6.45) is 0.194. The van der Waals surface area contributed by atoms with E-state index in [2.05, 4.69) is 4.74 Å². The largest absolute Gasteiger partial charge is 0.506 e. The van der Waals surface area contributed by atoms with Gasteiger partial charge in [-0.3, -0.25) is 4.79 Å². The maximum absolute atomic E-state index is 11.1. The average Bonchev–Trinajstić information content (AvgIpc) is 2.23. The first-order chi connectivity index (χ1) is 7.06. The number of carbonyl (C=O) groups excluding carboxylic acids is 1. The monoisotopic (exact) mass is 229 g/mol. The molecule has 1 aromatic carbocycles. The fourth-order valence-corrected chi connectivity index (χ4v) is 1.39. The van der Waals surface area contributed by atoms with E-state index in [-0.39, 0.29) is 17.2 Å². The number of halogens is 1. The van der Waals surface area contributed by atoms with Gasteiger partial charge in [-0.1, -0.05) is 23.7 Å². The van der Waals surface area contributed by atoms with Gasteiger partial charge >= 0.3 is 5.97 Å². The second-order valence-corrected chi connectivity index (χ2v) is 3.49. The van der Waals surface area contributed by atoms with Crippen LogP contribution < -0.4 is 5.73 Å². The number of nitrogens with two attached hydrogens (primary N) is 1. The highest BCUT2D eigenvalue weighted by Crippen LogP contribution is 2.27. The summed E-state index contributed by atoms with van der Waals surface area (Å²) in [5.74, 6) is -0.562. The van der Waals surface area contributed by atoms with Crippen LogP contribution in [0.3, 0.4) is 0 Å². The van der Waals surface area contributed by atoms with Crippen LogP contribution in [0.5, 0.6) is 5.75 Å². The van der Waals surface area contributed by atoms with Crippen LogP contribution >= 0.6 is 11.6 Å². The maximum Gasteiger partial charge on any atom is 0.322 e. The number of hydrogen-bond acceptors (Lipinski definition) is 4. The van der Waals surface area contributed by atoms with Crippen molar-refractivity contribution >= 4 is 17.6 Å². The minimum Gasteiger partial charge on any atom is -0.506 e. The zero-order valence-corrected chi connectivity index (χ0v) is 8.99. The van der Waals surface area contributed by atoms with Crippen LogP contribution in [0.2, 0.25) is 5.02 Å². The summed E-state index contributed by atoms with van der Waals surface area (Å²) >= 11 is 5.70. The number of phenolic OH excluding ortho intramolecular Hbond substituents is 1. The van der Waals surface area contributed by atoms with Crippen molar-refractivity contribution in [2.75, 3.05) is 7.11 Å². The molecule has 4 nitrogen and oxygen atoms in total. The van der Waals surface area contributed by atoms with Gasteiger partial charge in [0.05, 0.1) is 12.1 Å². The number of carbonyl (C=O) groups is 1. The van der Waals surface area contributed by atoms with Gasteiger partial charge in [0.25, 0.3) is 0 Å². The summed E-state index contributed by atoms with van der Waals surface area (Å²) in [5, 5.41) is 9.80. The molecule has 1 aromatic rings. The summed E-state index contributed by atoms with van der Waals surface area (Å²) in [7, 11) is 1.26. The molecular formula is C10H12ClNO3. The zero-order valence-electron chi connectivity index (χ0n) is 8.24. The quantitative estimate of drug-likeness (QED) is 0.761. The van der Waals surface area contributed by atoms with Crippen molar-refractivity contribution in [3.05, 3.63) is 28.8 Å². The third kappa shape index (κ3) is 2.84. The summed E-state index contributed by atoms with van der Waals surface area (Å²) in [5.41, 5.74) is 6.08. The molecule has 0 fully saturated rings. The van der Waals surface area contributed by atoms with Gasteiger partial charge in [0, 0.05) is 6.42 Å². The first-order valence-corrected chi connectivity index (χ1v) is 4.73. The molecule has 0 aliphatic rings. The molecule has 1 atom stereocenters. The summed E-state index contributed by atoms with van der Waals surface area (Å²) in [6, 6.07) is 4.11. The van der Waals surface area contributed by atoms with Gasteiger partial charge in [0.15, 0.2) is 0 Å². The molecule has 1 rings (SSSR count). The molecular weight excluding hydrogens is 218 g/mol. The third-order valence-corrected chi connectivity index (χ3v) is 2.32. The van der Waals surface area contributed by atoms with Gasteiger partial charge in [0.1, 0.15) is 11.8 Å². The van der Waals surface area contributed by atoms with E-state index in [0.29, 0.717) is 5.56 Å². The maximum atomic E-state index is 11.1. The predicted octanol–water partition coefficient (Wildman–Crippen LogP) is 1.09. The molecule has 0 radical (unpaired) electrons. The van der Waals surface area contributed by atoms with Crippen molar-refractivity contribution in [3.8, 4) is 5.75 Å². The minimum absolute atomic E-state index is 0.0430. The molecule has 0 saturated heterocycles. The number of phenols is 1. The van der Waals surface area contributed by atoms with Crippen LogP contribution in [0.25, 0.3) is 0 Å². The van der Waals surface area contributed by atoms with E-state index in [1.54, 1.807) is 18.2 Å². The van der Waals surface area contributed by atoms with Crippen LogP contribution in [0.15, 0.2) is 18.2 Å². The first-order valence-electron chi connectivity index (χ1n) is 4.36. The lowest BCUT2D eigenvalue weighted by molar-refractivity contribution is -0.142. The summed E-state index contributed by atoms with van der Waals surface area (Å²) in [6.45, 7) is 0. The molecule has 0 aromatic heterocycles. The van der Waals surface area contributed by atoms with E-state index in [0.717, 1.165) is 0 Å². The Bertz CT molecular complexity index is 368. The van der Waals surface area contributed by atoms with E-state index in [1.165, 1.54) is 7.11 Å². The predicted molar refractivity (Wildman–Crippen MR) is 56.8 cm³/mol. The number of rotatable bonds is 3. The van der Waals surface area contributed by atoms with Crippen molar-refractivity contribution in [1.29, 1.82) is 0 Å². The number of ether oxygens (including phenoxy) is 1. The van der Waals surface area contributed by atoms with E-state index in [4.69, 9.17) is 17.3 Å². The molecule has 0 saturated carbocycles. The first kappa shape index (κ1) is 11.8. The van der Waals surface area contributed by atoms with Crippen molar-refractivity contribution < 1.29 is 14.6 Å². The van der Waals surface area contributed by atoms with Crippen LogP contribution in [0, 0.1) is 0 Å². The normalized spacial score (nSPS) is 12.2. The second-order valence-electron chi connectivity index (χ2n) is 3.08. The zero-order chi connectivity index (χ0) is 11.4. The number of aromatic hydroxyl groups is 1. The van der Waals surface area contributed by atoms with Crippen LogP contribution in [-0.2, 0) is 16.0 Å². The Hall–Kier alpha value is -1.26. The Morgan fingerprint density at radius 3 is 2.93 bits per heavy atom. The highest BCUT2D eigenvalue weighted by molar-refractivity contribution is 6.32. The minimum atomic E-state index is -0.792. The Morgan fingerprint density at radius 1 is 1.67 bits per heavy atom. The highest BCUT2D eigenvalue weighted by Gasteiger charge is 2.16. The SMILES string of the molecule is COC(=O)C(N)Cc1cccc(Cl)c1O. The van der Waals surface area contributed by atoms with Gasteiger partial charge in [-0.2, -0.15) is 0 Å². The molecule has 0 aliphatic carbocycles. The van der Waals surface area contributed by atoms with Crippen LogP contribution in [0.1, 0.15) is 5.56 Å². The fourth-order valence-electron chi connectivity index (χ4n) is 1.20. The van der Waals surface area contributed by atoms with E-state index in [9.17, 15) is 9.90 Å². The topological polar surface area (TPSA) is 72.5 Å². The van der Waals surface area contributed by atoms with Gasteiger partial charge in [-0.25, -0.2) is 0 Å². The lowest BCUT2D eigenvalue weighted by Crippen LogP contribution is -2.33. The number of esters is 1. The standard InChI is InChI=1S/C10H12ClNO3/c1-15-10(14)8(12)5-6-3-2-4-7(11)9(6)13/h2-4,8,13H,5,12H2,1H3. The molecule has 0 aliphatic heterocycles. The molecule has 82 valence electrons. The van der Waals surface area contributed by atoms with E-state index in [1.807, 2.05) is 0 Å². The van der Waals surface area contributed by atoms with Crippen LogP contribution in [-0.4, -0.2) is 24.2 Å². The average molecular weight is 230 g/mol. The van der Waals surface area contributed by atoms with Crippen LogP contribution in [0.4, 0.5) is 0 Å². The lowest BCUT2D eigenvalue weighted by Gasteiger charge is -2.10. The van der Waals surface area contributed by atoms with E-state index >= 15 is 0 Å². The molecule has 0 heterocycles. The molecule has 3 N–H and O–H groups in total. The smallest absolute Gasteiger partial charge is 0.322 e. The Labute approximate surface area is 92.6 Å². The molecule has 5 heteroatoms. The van der Waals surface area contributed by atoms with E-state index < -0.39 is 12.0 Å². The van der Waals surface area contributed by atoms with Crippen molar-refractivity contribution in [2.45, 2.75) is 12.5 Å². The summed E-state index contributed by atoms with van der Waals surface area (Å²) in [4.78, 5) is 11.1. The highest BCUT2D eigenvalue weighted by atomic mass is 35.5. The van der Waals surface area contributed by atoms with Gasteiger partial charge in [-0.05, 0) is 11.6 Å². The third-order valence-electron chi connectivity index (χ3n) is 2.01. The van der Waals surface area contributed by atoms with Gasteiger partial charge in [-0.15, -0.1) is 0 Å². The Kier molecular flexibility index (Phi) is 3.94. The van der Waals surface area contributed by atoms with Gasteiger partial charge in [0.2, 0.25) is 0 Å². The molecule has 1 unspecified atom stereocenters. The van der Waals surface area contributed by atoms with Crippen molar-refractivity contribution in [2.24, 2.45) is 5.73 Å². The molecule has 15 heavy (non-hydrogen) atoms. The molecule has 0 bridgehead atoms. The Balaban J connectivity index is 2.81. The van der Waals surface area contributed by atoms with Crippen molar-refractivity contribution in [3.63, 3.8) is 0 Å². The fraction of sp³-hybridized carbons (Fsp3) is 0.300. The lowest BCUT2D eigenvalue weighted by atomic mass is 10.1. The number of methoxy groups -OCH3 is 1. The number of benzene rings is 1. The number of para-hydroxylation sites is 1. The van der Waals surface area contributed by atoms with Gasteiger partial charge < -0.3 is 15.6 Å².